The van der Waals surface area contributed by atoms with E-state index in [-0.39, 0.29) is 12.2 Å². The Balaban J connectivity index is 2.45. The maximum Gasteiger partial charge on any atom is 0.304 e. The molecule has 0 aliphatic rings. The largest absolute Gasteiger partial charge is 0.497 e. The predicted molar refractivity (Wildman–Crippen MR) is 128 cm³/mol. The van der Waals surface area contributed by atoms with Crippen molar-refractivity contribution in [1.29, 1.82) is 0 Å². The quantitative estimate of drug-likeness (QED) is 0.515. The van der Waals surface area contributed by atoms with Crippen LogP contribution < -0.4 is 14.4 Å². The number of nitrogens with zero attached hydrogens (tertiary/aromatic N) is 3. The fourth-order valence-electron chi connectivity index (χ4n) is 3.19. The number of benzene rings is 2. The fraction of sp³-hybridized carbons (Fsp3) is 0.391. The highest BCUT2D eigenvalue weighted by molar-refractivity contribution is 7.90. The lowest BCUT2D eigenvalue weighted by Gasteiger charge is -2.32. The molecule has 0 fully saturated rings. The third-order valence-corrected chi connectivity index (χ3v) is 6.98. The topological polar surface area (TPSA) is 99.3 Å². The molecule has 34 heavy (non-hydrogen) atoms. The lowest BCUT2D eigenvalue weighted by molar-refractivity contribution is -0.139. The van der Waals surface area contributed by atoms with E-state index in [1.54, 1.807) is 38.1 Å². The summed E-state index contributed by atoms with van der Waals surface area (Å²) in [5.74, 6) is -1.22. The zero-order valence-electron chi connectivity index (χ0n) is 20.0. The Morgan fingerprint density at radius 1 is 1.09 bits per heavy atom. The molecule has 9 nitrogen and oxygen atoms in total. The average molecular weight is 495 g/mol. The van der Waals surface area contributed by atoms with Crippen molar-refractivity contribution in [1.82, 2.24) is 14.5 Å². The summed E-state index contributed by atoms with van der Waals surface area (Å²) >= 11 is 0. The van der Waals surface area contributed by atoms with Crippen molar-refractivity contribution in [3.8, 4) is 5.75 Å². The molecule has 1 N–H and O–H groups in total. The van der Waals surface area contributed by atoms with E-state index >= 15 is 0 Å². The number of para-hydroxylation sites is 1. The van der Waals surface area contributed by atoms with Crippen LogP contribution in [0, 0.1) is 5.82 Å². The molecule has 0 spiro atoms. The third-order valence-electron chi connectivity index (χ3n) is 5.17. The summed E-state index contributed by atoms with van der Waals surface area (Å²) in [5, 5.41) is 2.67. The Kier molecular flexibility index (Phi) is 9.39. The first-order valence-electron chi connectivity index (χ1n) is 10.7. The van der Waals surface area contributed by atoms with Crippen LogP contribution in [0.2, 0.25) is 0 Å². The van der Waals surface area contributed by atoms with Crippen LogP contribution in [0.1, 0.15) is 19.4 Å². The molecule has 2 aromatic rings. The second-order valence-electron chi connectivity index (χ2n) is 7.69. The minimum atomic E-state index is -4.22. The van der Waals surface area contributed by atoms with Crippen LogP contribution in [0.15, 0.2) is 48.5 Å². The Labute approximate surface area is 200 Å². The van der Waals surface area contributed by atoms with E-state index in [1.165, 1.54) is 44.3 Å². The second kappa shape index (κ2) is 11.8. The summed E-state index contributed by atoms with van der Waals surface area (Å²) in [5.41, 5.74) is 0.442. The van der Waals surface area contributed by atoms with Gasteiger partial charge in [-0.05, 0) is 43.7 Å². The molecule has 0 aliphatic carbocycles. The van der Waals surface area contributed by atoms with E-state index in [0.29, 0.717) is 22.2 Å². The van der Waals surface area contributed by atoms with Gasteiger partial charge in [-0.3, -0.25) is 9.59 Å². The normalized spacial score (nSPS) is 12.2. The van der Waals surface area contributed by atoms with E-state index in [1.807, 2.05) is 0 Å². The first-order valence-corrected chi connectivity index (χ1v) is 12.1. The molecule has 11 heteroatoms. The first kappa shape index (κ1) is 27.1. The smallest absolute Gasteiger partial charge is 0.304 e. The maximum atomic E-state index is 14.6. The van der Waals surface area contributed by atoms with Crippen LogP contribution in [-0.2, 0) is 26.3 Å². The van der Waals surface area contributed by atoms with Gasteiger partial charge >= 0.3 is 10.2 Å². The standard InChI is InChI=1S/C23H31FN4O5S/c1-6-25-23(30)17(2)27(15-18-11-13-19(33-5)14-12-18)22(29)16-28(34(31,32)26(3)4)21-10-8-7-9-20(21)24/h7-14,17H,6,15-16H2,1-5H3,(H,25,30)/t17-/m1/s1. The summed E-state index contributed by atoms with van der Waals surface area (Å²) < 4.78 is 47.3. The molecule has 1 atom stereocenters. The number of anilines is 1. The number of carbonyl (C=O) groups is 2. The van der Waals surface area contributed by atoms with E-state index in [4.69, 9.17) is 4.74 Å². The number of likely N-dealkylation sites (N-methyl/N-ethyl adjacent to an activating group) is 1. The molecule has 2 rings (SSSR count). The van der Waals surface area contributed by atoms with E-state index in [2.05, 4.69) is 5.32 Å². The van der Waals surface area contributed by atoms with Crippen molar-refractivity contribution in [2.75, 3.05) is 38.6 Å². The summed E-state index contributed by atoms with van der Waals surface area (Å²) in [6.07, 6.45) is 0. The molecule has 186 valence electrons. The van der Waals surface area contributed by atoms with Gasteiger partial charge in [0.2, 0.25) is 11.8 Å². The summed E-state index contributed by atoms with van der Waals surface area (Å²) in [6, 6.07) is 11.3. The van der Waals surface area contributed by atoms with Crippen molar-refractivity contribution < 1.29 is 27.1 Å². The average Bonchev–Trinajstić information content (AvgIpc) is 2.81. The van der Waals surface area contributed by atoms with Crippen LogP contribution in [0.4, 0.5) is 10.1 Å². The second-order valence-corrected chi connectivity index (χ2v) is 9.76. The number of nitrogens with one attached hydrogen (secondary N) is 1. The van der Waals surface area contributed by atoms with Crippen LogP contribution in [0.3, 0.4) is 0 Å². The molecule has 2 aromatic carbocycles. The highest BCUT2D eigenvalue weighted by atomic mass is 32.2. The number of carbonyl (C=O) groups excluding carboxylic acids is 2. The molecule has 0 radical (unpaired) electrons. The summed E-state index contributed by atoms with van der Waals surface area (Å²) in [6.45, 7) is 3.02. The molecule has 0 unspecified atom stereocenters. The Morgan fingerprint density at radius 2 is 1.71 bits per heavy atom. The minimum absolute atomic E-state index is 0.0360. The Morgan fingerprint density at radius 3 is 2.24 bits per heavy atom. The maximum absolute atomic E-state index is 14.6. The van der Waals surface area contributed by atoms with Crippen molar-refractivity contribution in [2.45, 2.75) is 26.4 Å². The lowest BCUT2D eigenvalue weighted by atomic mass is 10.1. The van der Waals surface area contributed by atoms with E-state index < -0.39 is 40.4 Å². The Bertz CT molecular complexity index is 1090. The van der Waals surface area contributed by atoms with Crippen molar-refractivity contribution in [2.24, 2.45) is 0 Å². The number of ether oxygens (including phenoxy) is 1. The van der Waals surface area contributed by atoms with Crippen LogP contribution in [-0.4, -0.2) is 69.8 Å². The predicted octanol–water partition coefficient (Wildman–Crippen LogP) is 2.00. The highest BCUT2D eigenvalue weighted by Crippen LogP contribution is 2.24. The van der Waals surface area contributed by atoms with Gasteiger partial charge in [-0.2, -0.15) is 12.7 Å². The molecular formula is C23H31FN4O5S. The molecule has 2 amide bonds. The number of amides is 2. The number of hydrogen-bond acceptors (Lipinski definition) is 5. The number of halogens is 1. The lowest BCUT2D eigenvalue weighted by Crippen LogP contribution is -2.52. The van der Waals surface area contributed by atoms with E-state index in [0.717, 1.165) is 10.4 Å². The third kappa shape index (κ3) is 6.45. The monoisotopic (exact) mass is 494 g/mol. The van der Waals surface area contributed by atoms with Crippen LogP contribution in [0.25, 0.3) is 0 Å². The first-order chi connectivity index (χ1) is 16.0. The van der Waals surface area contributed by atoms with Gasteiger partial charge in [0.15, 0.2) is 0 Å². The van der Waals surface area contributed by atoms with Gasteiger partial charge in [0.25, 0.3) is 0 Å². The zero-order valence-corrected chi connectivity index (χ0v) is 20.8. The molecule has 0 saturated carbocycles. The highest BCUT2D eigenvalue weighted by Gasteiger charge is 2.33. The molecule has 0 aliphatic heterocycles. The summed E-state index contributed by atoms with van der Waals surface area (Å²) in [7, 11) is -0.103. The van der Waals surface area contributed by atoms with Crippen LogP contribution in [0.5, 0.6) is 5.75 Å². The molecular weight excluding hydrogens is 463 g/mol. The molecule has 0 heterocycles. The van der Waals surface area contributed by atoms with Gasteiger partial charge in [0.05, 0.1) is 12.8 Å². The SMILES string of the molecule is CCNC(=O)[C@@H](C)N(Cc1ccc(OC)cc1)C(=O)CN(c1ccccc1F)S(=O)(=O)N(C)C. The van der Waals surface area contributed by atoms with Gasteiger partial charge in [0, 0.05) is 27.2 Å². The number of hydrogen-bond donors (Lipinski definition) is 1. The van der Waals surface area contributed by atoms with Gasteiger partial charge in [-0.1, -0.05) is 24.3 Å². The van der Waals surface area contributed by atoms with Gasteiger partial charge in [-0.15, -0.1) is 0 Å². The van der Waals surface area contributed by atoms with Gasteiger partial charge in [0.1, 0.15) is 24.2 Å². The van der Waals surface area contributed by atoms with Crippen molar-refractivity contribution >= 4 is 27.7 Å². The molecule has 0 bridgehead atoms. The van der Waals surface area contributed by atoms with Crippen molar-refractivity contribution in [3.05, 3.63) is 59.9 Å². The molecule has 0 aromatic heterocycles. The molecule has 0 saturated heterocycles. The van der Waals surface area contributed by atoms with Crippen LogP contribution >= 0.6 is 0 Å². The number of rotatable bonds is 11. The summed E-state index contributed by atoms with van der Waals surface area (Å²) in [4.78, 5) is 27.3. The van der Waals surface area contributed by atoms with Gasteiger partial charge < -0.3 is 15.0 Å². The van der Waals surface area contributed by atoms with Crippen molar-refractivity contribution in [3.63, 3.8) is 0 Å². The Hall–Kier alpha value is -3.18. The van der Waals surface area contributed by atoms with Gasteiger partial charge in [-0.25, -0.2) is 8.70 Å². The minimum Gasteiger partial charge on any atom is -0.497 e. The van der Waals surface area contributed by atoms with E-state index in [9.17, 15) is 22.4 Å². The number of methoxy groups -OCH3 is 1. The zero-order chi connectivity index (χ0) is 25.5. The fourth-order valence-corrected chi connectivity index (χ4v) is 4.25.